The SMILES string of the molecule is Cc1cc(C)c(N2CCN(C(=O)c3[c]cccc3)CC2)nc1C. The second-order valence-corrected chi connectivity index (χ2v) is 6.09. The number of carbonyl (C=O) groups is 1. The third kappa shape index (κ3) is 3.21. The van der Waals surface area contributed by atoms with E-state index in [9.17, 15) is 4.79 Å². The molecule has 0 atom stereocenters. The van der Waals surface area contributed by atoms with Crippen LogP contribution in [0.25, 0.3) is 0 Å². The fourth-order valence-electron chi connectivity index (χ4n) is 2.97. The number of aromatic nitrogens is 1. The smallest absolute Gasteiger partial charge is 0.254 e. The number of aryl methyl sites for hydroxylation is 3. The molecule has 4 heteroatoms. The topological polar surface area (TPSA) is 36.4 Å². The highest BCUT2D eigenvalue weighted by molar-refractivity contribution is 5.94. The molecule has 0 spiro atoms. The minimum Gasteiger partial charge on any atom is -0.353 e. The van der Waals surface area contributed by atoms with E-state index >= 15 is 0 Å². The van der Waals surface area contributed by atoms with Crippen molar-refractivity contribution in [1.29, 1.82) is 0 Å². The zero-order valence-electron chi connectivity index (χ0n) is 14.0. The average Bonchev–Trinajstić information content (AvgIpc) is 2.58. The maximum atomic E-state index is 12.5. The van der Waals surface area contributed by atoms with Gasteiger partial charge in [0.2, 0.25) is 0 Å². The fraction of sp³-hybridized carbons (Fsp3) is 0.368. The molecule has 4 nitrogen and oxygen atoms in total. The van der Waals surface area contributed by atoms with Crippen LogP contribution in [0.3, 0.4) is 0 Å². The first-order chi connectivity index (χ1) is 11.1. The number of anilines is 1. The minimum atomic E-state index is 0.0648. The molecule has 1 aliphatic heterocycles. The molecule has 3 rings (SSSR count). The Bertz CT molecular complexity index is 704. The Kier molecular flexibility index (Phi) is 4.33. The van der Waals surface area contributed by atoms with Crippen LogP contribution in [-0.4, -0.2) is 42.0 Å². The summed E-state index contributed by atoms with van der Waals surface area (Å²) in [6, 6.07) is 12.6. The Hall–Kier alpha value is -2.36. The van der Waals surface area contributed by atoms with Crippen molar-refractivity contribution in [1.82, 2.24) is 9.88 Å². The minimum absolute atomic E-state index is 0.0648. The Balaban J connectivity index is 1.69. The van der Waals surface area contributed by atoms with Gasteiger partial charge in [-0.1, -0.05) is 24.3 Å². The summed E-state index contributed by atoms with van der Waals surface area (Å²) in [5.41, 5.74) is 4.13. The van der Waals surface area contributed by atoms with E-state index in [1.165, 1.54) is 11.1 Å². The van der Waals surface area contributed by atoms with Crippen LogP contribution >= 0.6 is 0 Å². The maximum absolute atomic E-state index is 12.5. The van der Waals surface area contributed by atoms with Crippen LogP contribution in [0.2, 0.25) is 0 Å². The molecule has 0 aliphatic carbocycles. The lowest BCUT2D eigenvalue weighted by atomic mass is 10.1. The lowest BCUT2D eigenvalue weighted by molar-refractivity contribution is 0.0746. The van der Waals surface area contributed by atoms with Crippen molar-refractivity contribution in [3.05, 3.63) is 58.8 Å². The van der Waals surface area contributed by atoms with E-state index in [1.807, 2.05) is 30.0 Å². The summed E-state index contributed by atoms with van der Waals surface area (Å²) in [5, 5.41) is 0. The number of carbonyl (C=O) groups excluding carboxylic acids is 1. The first-order valence-corrected chi connectivity index (χ1v) is 8.02. The van der Waals surface area contributed by atoms with Crippen LogP contribution in [0, 0.1) is 26.8 Å². The molecule has 0 saturated carbocycles. The number of rotatable bonds is 2. The third-order valence-corrected chi connectivity index (χ3v) is 4.44. The zero-order chi connectivity index (χ0) is 16.4. The van der Waals surface area contributed by atoms with E-state index in [0.717, 1.165) is 37.7 Å². The van der Waals surface area contributed by atoms with E-state index in [4.69, 9.17) is 4.98 Å². The van der Waals surface area contributed by atoms with Crippen LogP contribution in [0.15, 0.2) is 30.3 Å². The van der Waals surface area contributed by atoms with Gasteiger partial charge in [0, 0.05) is 37.4 Å². The largest absolute Gasteiger partial charge is 0.353 e. The highest BCUT2D eigenvalue weighted by Gasteiger charge is 2.23. The standard InChI is InChI=1S/C19H22N3O/c1-14-13-15(2)18(20-16(14)3)21-9-11-22(12-10-21)19(23)17-7-5-4-6-8-17/h4-7,13H,9-12H2,1-3H3. The quantitative estimate of drug-likeness (QED) is 0.856. The van der Waals surface area contributed by atoms with Crippen LogP contribution in [0.5, 0.6) is 0 Å². The summed E-state index contributed by atoms with van der Waals surface area (Å²) >= 11 is 0. The number of amides is 1. The van der Waals surface area contributed by atoms with E-state index in [-0.39, 0.29) is 5.91 Å². The van der Waals surface area contributed by atoms with Crippen molar-refractivity contribution in [2.24, 2.45) is 0 Å². The molecule has 1 aromatic carbocycles. The highest BCUT2D eigenvalue weighted by Crippen LogP contribution is 2.22. The number of benzene rings is 1. The molecule has 1 amide bonds. The Labute approximate surface area is 137 Å². The van der Waals surface area contributed by atoms with Gasteiger partial charge >= 0.3 is 0 Å². The van der Waals surface area contributed by atoms with Gasteiger partial charge in [0.1, 0.15) is 5.82 Å². The molecule has 2 aromatic rings. The van der Waals surface area contributed by atoms with Crippen molar-refractivity contribution in [2.45, 2.75) is 20.8 Å². The molecule has 0 N–H and O–H groups in total. The van der Waals surface area contributed by atoms with Crippen molar-refractivity contribution in [3.8, 4) is 0 Å². The first kappa shape index (κ1) is 15.5. The molecule has 1 radical (unpaired) electrons. The summed E-state index contributed by atoms with van der Waals surface area (Å²) < 4.78 is 0. The van der Waals surface area contributed by atoms with E-state index in [0.29, 0.717) is 5.56 Å². The Morgan fingerprint density at radius 3 is 2.48 bits per heavy atom. The Morgan fingerprint density at radius 1 is 1.09 bits per heavy atom. The molecule has 2 heterocycles. The number of nitrogens with zero attached hydrogens (tertiary/aromatic N) is 3. The van der Waals surface area contributed by atoms with E-state index in [2.05, 4.69) is 30.9 Å². The first-order valence-electron chi connectivity index (χ1n) is 8.02. The number of hydrogen-bond acceptors (Lipinski definition) is 3. The lowest BCUT2D eigenvalue weighted by Crippen LogP contribution is -2.49. The Morgan fingerprint density at radius 2 is 1.83 bits per heavy atom. The average molecular weight is 308 g/mol. The van der Waals surface area contributed by atoms with Gasteiger partial charge < -0.3 is 9.80 Å². The lowest BCUT2D eigenvalue weighted by Gasteiger charge is -2.36. The van der Waals surface area contributed by atoms with Gasteiger partial charge in [-0.3, -0.25) is 4.79 Å². The number of hydrogen-bond donors (Lipinski definition) is 0. The molecule has 23 heavy (non-hydrogen) atoms. The summed E-state index contributed by atoms with van der Waals surface area (Å²) in [6.45, 7) is 9.30. The van der Waals surface area contributed by atoms with Crippen molar-refractivity contribution >= 4 is 11.7 Å². The van der Waals surface area contributed by atoms with Gasteiger partial charge in [0.05, 0.1) is 0 Å². The van der Waals surface area contributed by atoms with Gasteiger partial charge in [-0.2, -0.15) is 0 Å². The third-order valence-electron chi connectivity index (χ3n) is 4.44. The van der Waals surface area contributed by atoms with Crippen LogP contribution < -0.4 is 4.90 Å². The molecule has 119 valence electrons. The second kappa shape index (κ2) is 6.41. The molecule has 1 aliphatic rings. The summed E-state index contributed by atoms with van der Waals surface area (Å²) in [4.78, 5) is 21.4. The van der Waals surface area contributed by atoms with Crippen molar-refractivity contribution in [2.75, 3.05) is 31.1 Å². The molecule has 1 saturated heterocycles. The van der Waals surface area contributed by atoms with Gasteiger partial charge in [0.25, 0.3) is 5.91 Å². The summed E-state index contributed by atoms with van der Waals surface area (Å²) in [5.74, 6) is 1.11. The van der Waals surface area contributed by atoms with Gasteiger partial charge in [-0.15, -0.1) is 0 Å². The van der Waals surface area contributed by atoms with Crippen molar-refractivity contribution < 1.29 is 4.79 Å². The maximum Gasteiger partial charge on any atom is 0.254 e. The molecule has 0 unspecified atom stereocenters. The van der Waals surface area contributed by atoms with Gasteiger partial charge in [0.15, 0.2) is 0 Å². The van der Waals surface area contributed by atoms with Crippen molar-refractivity contribution in [3.63, 3.8) is 0 Å². The molecular formula is C19H22N3O. The molecule has 0 bridgehead atoms. The van der Waals surface area contributed by atoms with Crippen LogP contribution in [0.1, 0.15) is 27.2 Å². The summed E-state index contributed by atoms with van der Waals surface area (Å²) in [6.07, 6.45) is 0. The van der Waals surface area contributed by atoms with Crippen LogP contribution in [-0.2, 0) is 0 Å². The zero-order valence-corrected chi connectivity index (χ0v) is 14.0. The van der Waals surface area contributed by atoms with E-state index in [1.54, 1.807) is 6.07 Å². The van der Waals surface area contributed by atoms with Gasteiger partial charge in [-0.05, 0) is 44.0 Å². The normalized spacial score (nSPS) is 14.9. The molecule has 1 fully saturated rings. The number of piperazine rings is 1. The molecule has 1 aromatic heterocycles. The fourth-order valence-corrected chi connectivity index (χ4v) is 2.97. The van der Waals surface area contributed by atoms with Gasteiger partial charge in [-0.25, -0.2) is 4.98 Å². The van der Waals surface area contributed by atoms with E-state index < -0.39 is 0 Å². The highest BCUT2D eigenvalue weighted by atomic mass is 16.2. The monoisotopic (exact) mass is 308 g/mol. The van der Waals surface area contributed by atoms with Crippen LogP contribution in [0.4, 0.5) is 5.82 Å². The predicted molar refractivity (Wildman–Crippen MR) is 91.8 cm³/mol. The predicted octanol–water partition coefficient (Wildman–Crippen LogP) is 2.77. The second-order valence-electron chi connectivity index (χ2n) is 6.09. The number of pyridine rings is 1. The molecular weight excluding hydrogens is 286 g/mol. The summed E-state index contributed by atoms with van der Waals surface area (Å²) in [7, 11) is 0.